The molecule has 0 aliphatic carbocycles. The van der Waals surface area contributed by atoms with E-state index in [1.165, 1.54) is 12.1 Å². The van der Waals surface area contributed by atoms with Gasteiger partial charge in [-0.05, 0) is 24.3 Å². The highest BCUT2D eigenvalue weighted by molar-refractivity contribution is 5.93. The van der Waals surface area contributed by atoms with E-state index in [9.17, 15) is 14.9 Å². The second kappa shape index (κ2) is 5.18. The molecule has 0 aliphatic heterocycles. The van der Waals surface area contributed by atoms with Gasteiger partial charge in [-0.2, -0.15) is 0 Å². The lowest BCUT2D eigenvalue weighted by Gasteiger charge is -2.06. The number of rotatable bonds is 4. The third-order valence-corrected chi connectivity index (χ3v) is 2.41. The van der Waals surface area contributed by atoms with Crippen molar-refractivity contribution in [1.82, 2.24) is 0 Å². The van der Waals surface area contributed by atoms with Crippen molar-refractivity contribution in [1.29, 1.82) is 0 Å². The Balaban J connectivity index is 2.40. The maximum absolute atomic E-state index is 11.0. The fourth-order valence-corrected chi connectivity index (χ4v) is 1.52. The van der Waals surface area contributed by atoms with Crippen LogP contribution in [0.3, 0.4) is 0 Å². The van der Waals surface area contributed by atoms with Gasteiger partial charge in [0.15, 0.2) is 0 Å². The van der Waals surface area contributed by atoms with Gasteiger partial charge in [0.05, 0.1) is 4.92 Å². The molecule has 2 N–H and O–H groups in total. The van der Waals surface area contributed by atoms with Crippen molar-refractivity contribution in [3.63, 3.8) is 0 Å². The molecule has 0 fully saturated rings. The molecule has 0 saturated carbocycles. The first kappa shape index (κ1) is 12.6. The van der Waals surface area contributed by atoms with Gasteiger partial charge in [0.25, 0.3) is 0 Å². The average molecular weight is 258 g/mol. The summed E-state index contributed by atoms with van der Waals surface area (Å²) in [6.45, 7) is 0. The summed E-state index contributed by atoms with van der Waals surface area (Å²) in [4.78, 5) is 21.3. The number of carbonyl (C=O) groups is 1. The van der Waals surface area contributed by atoms with Crippen molar-refractivity contribution >= 4 is 11.6 Å². The van der Waals surface area contributed by atoms with Gasteiger partial charge in [0.2, 0.25) is 11.7 Å². The Kier molecular flexibility index (Phi) is 3.42. The number of hydrogen-bond acceptors (Lipinski definition) is 4. The number of carbonyl (C=O) groups excluding carboxylic acids is 1. The number of para-hydroxylation sites is 1. The summed E-state index contributed by atoms with van der Waals surface area (Å²) < 4.78 is 5.41. The highest BCUT2D eigenvalue weighted by atomic mass is 16.6. The van der Waals surface area contributed by atoms with Crippen LogP contribution in [0.15, 0.2) is 48.5 Å². The molecule has 2 aromatic rings. The predicted octanol–water partition coefficient (Wildman–Crippen LogP) is 2.49. The minimum absolute atomic E-state index is 0.0567. The van der Waals surface area contributed by atoms with E-state index in [2.05, 4.69) is 0 Å². The quantitative estimate of drug-likeness (QED) is 0.673. The van der Waals surface area contributed by atoms with Crippen molar-refractivity contribution in [2.24, 2.45) is 5.73 Å². The number of ether oxygens (including phenoxy) is 1. The van der Waals surface area contributed by atoms with Crippen LogP contribution in [0, 0.1) is 10.1 Å². The van der Waals surface area contributed by atoms with E-state index in [1.54, 1.807) is 30.3 Å². The number of benzene rings is 2. The van der Waals surface area contributed by atoms with Gasteiger partial charge < -0.3 is 10.5 Å². The van der Waals surface area contributed by atoms with Gasteiger partial charge in [-0.3, -0.25) is 14.9 Å². The number of nitro benzene ring substituents is 1. The summed E-state index contributed by atoms with van der Waals surface area (Å²) in [6, 6.07) is 12.5. The molecule has 6 heteroatoms. The van der Waals surface area contributed by atoms with Crippen LogP contribution in [0.4, 0.5) is 5.69 Å². The van der Waals surface area contributed by atoms with Crippen LogP contribution < -0.4 is 10.5 Å². The van der Waals surface area contributed by atoms with Crippen LogP contribution >= 0.6 is 0 Å². The van der Waals surface area contributed by atoms with Crippen LogP contribution in [0.1, 0.15) is 10.4 Å². The SMILES string of the molecule is NC(=O)c1ccc(Oc2ccccc2)c([N+](=O)[O-])c1. The number of amides is 1. The molecule has 0 spiro atoms. The van der Waals surface area contributed by atoms with Gasteiger partial charge in [-0.1, -0.05) is 18.2 Å². The van der Waals surface area contributed by atoms with Crippen LogP contribution in [0.25, 0.3) is 0 Å². The monoisotopic (exact) mass is 258 g/mol. The third kappa shape index (κ3) is 2.86. The smallest absolute Gasteiger partial charge is 0.312 e. The zero-order valence-electron chi connectivity index (χ0n) is 9.78. The summed E-state index contributed by atoms with van der Waals surface area (Å²) in [5.41, 5.74) is 4.84. The van der Waals surface area contributed by atoms with Crippen molar-refractivity contribution in [2.45, 2.75) is 0 Å². The molecule has 96 valence electrons. The van der Waals surface area contributed by atoms with E-state index in [0.717, 1.165) is 6.07 Å². The number of nitro groups is 1. The number of hydrogen-bond donors (Lipinski definition) is 1. The molecule has 2 aromatic carbocycles. The molecule has 0 atom stereocenters. The molecule has 0 saturated heterocycles. The Labute approximate surface area is 108 Å². The Morgan fingerprint density at radius 1 is 1.16 bits per heavy atom. The van der Waals surface area contributed by atoms with Crippen LogP contribution in [0.2, 0.25) is 0 Å². The lowest BCUT2D eigenvalue weighted by atomic mass is 10.2. The molecule has 0 heterocycles. The number of primary amides is 1. The van der Waals surface area contributed by atoms with Gasteiger partial charge >= 0.3 is 5.69 Å². The van der Waals surface area contributed by atoms with Crippen LogP contribution in [-0.4, -0.2) is 10.8 Å². The Bertz CT molecular complexity index is 626. The molecular weight excluding hydrogens is 248 g/mol. The lowest BCUT2D eigenvalue weighted by molar-refractivity contribution is -0.385. The molecule has 1 amide bonds. The lowest BCUT2D eigenvalue weighted by Crippen LogP contribution is -2.11. The zero-order chi connectivity index (χ0) is 13.8. The molecule has 0 radical (unpaired) electrons. The summed E-state index contributed by atoms with van der Waals surface area (Å²) in [5.74, 6) is -0.201. The maximum atomic E-state index is 11.0. The minimum Gasteiger partial charge on any atom is -0.450 e. The van der Waals surface area contributed by atoms with E-state index >= 15 is 0 Å². The fraction of sp³-hybridized carbons (Fsp3) is 0. The number of nitrogens with zero attached hydrogens (tertiary/aromatic N) is 1. The van der Waals surface area contributed by atoms with Gasteiger partial charge in [0, 0.05) is 11.6 Å². The van der Waals surface area contributed by atoms with E-state index < -0.39 is 10.8 Å². The standard InChI is InChI=1S/C13H10N2O4/c14-13(16)9-6-7-12(11(8-9)15(17)18)19-10-4-2-1-3-5-10/h1-8H,(H2,14,16). The van der Waals surface area contributed by atoms with E-state index in [-0.39, 0.29) is 17.0 Å². The summed E-state index contributed by atoms with van der Waals surface area (Å²) in [7, 11) is 0. The zero-order valence-corrected chi connectivity index (χ0v) is 9.78. The minimum atomic E-state index is -0.727. The highest BCUT2D eigenvalue weighted by Gasteiger charge is 2.18. The molecule has 0 unspecified atom stereocenters. The summed E-state index contributed by atoms with van der Waals surface area (Å²) in [6.07, 6.45) is 0. The molecule has 6 nitrogen and oxygen atoms in total. The van der Waals surface area contributed by atoms with Crippen molar-refractivity contribution in [3.8, 4) is 11.5 Å². The fourth-order valence-electron chi connectivity index (χ4n) is 1.52. The van der Waals surface area contributed by atoms with E-state index in [0.29, 0.717) is 5.75 Å². The van der Waals surface area contributed by atoms with Gasteiger partial charge in [0.1, 0.15) is 5.75 Å². The first-order chi connectivity index (χ1) is 9.08. The Hall–Kier alpha value is -2.89. The summed E-state index contributed by atoms with van der Waals surface area (Å²) in [5, 5.41) is 11.0. The Morgan fingerprint density at radius 2 is 1.84 bits per heavy atom. The Morgan fingerprint density at radius 3 is 2.42 bits per heavy atom. The molecule has 0 aliphatic rings. The van der Waals surface area contributed by atoms with Crippen LogP contribution in [-0.2, 0) is 0 Å². The van der Waals surface area contributed by atoms with Gasteiger partial charge in [-0.25, -0.2) is 0 Å². The molecule has 0 bridgehead atoms. The first-order valence-corrected chi connectivity index (χ1v) is 5.39. The maximum Gasteiger partial charge on any atom is 0.312 e. The second-order valence-corrected chi connectivity index (χ2v) is 3.72. The van der Waals surface area contributed by atoms with E-state index in [1.807, 2.05) is 0 Å². The van der Waals surface area contributed by atoms with Crippen LogP contribution in [0.5, 0.6) is 11.5 Å². The molecule has 0 aromatic heterocycles. The third-order valence-electron chi connectivity index (χ3n) is 2.41. The average Bonchev–Trinajstić information content (AvgIpc) is 2.39. The highest BCUT2D eigenvalue weighted by Crippen LogP contribution is 2.31. The van der Waals surface area contributed by atoms with Gasteiger partial charge in [-0.15, -0.1) is 0 Å². The first-order valence-electron chi connectivity index (χ1n) is 5.39. The normalized spacial score (nSPS) is 9.89. The second-order valence-electron chi connectivity index (χ2n) is 3.72. The summed E-state index contributed by atoms with van der Waals surface area (Å²) >= 11 is 0. The van der Waals surface area contributed by atoms with Crippen molar-refractivity contribution in [2.75, 3.05) is 0 Å². The largest absolute Gasteiger partial charge is 0.450 e. The van der Waals surface area contributed by atoms with Crippen molar-refractivity contribution in [3.05, 3.63) is 64.2 Å². The molecule has 2 rings (SSSR count). The van der Waals surface area contributed by atoms with E-state index in [4.69, 9.17) is 10.5 Å². The topological polar surface area (TPSA) is 95.5 Å². The number of nitrogens with two attached hydrogens (primary N) is 1. The van der Waals surface area contributed by atoms with Crippen molar-refractivity contribution < 1.29 is 14.5 Å². The molecule has 19 heavy (non-hydrogen) atoms. The predicted molar refractivity (Wildman–Crippen MR) is 68.1 cm³/mol. The molecular formula is C13H10N2O4.